The van der Waals surface area contributed by atoms with Gasteiger partial charge >= 0.3 is 0 Å². The van der Waals surface area contributed by atoms with Crippen LogP contribution in [0.15, 0.2) is 23.4 Å². The van der Waals surface area contributed by atoms with Gasteiger partial charge < -0.3 is 15.8 Å². The van der Waals surface area contributed by atoms with Crippen LogP contribution in [0.1, 0.15) is 30.6 Å². The SMILES string of the molecule is CC(C)CN(CCC(N)=NO)C(=O)c1cccc(F)c1F. The van der Waals surface area contributed by atoms with Crippen molar-refractivity contribution in [2.45, 2.75) is 20.3 Å². The molecule has 7 heteroatoms. The Bertz CT molecular complexity index is 533. The molecule has 0 heterocycles. The summed E-state index contributed by atoms with van der Waals surface area (Å²) in [4.78, 5) is 13.7. The van der Waals surface area contributed by atoms with E-state index < -0.39 is 17.5 Å². The first-order valence-corrected chi connectivity index (χ1v) is 6.56. The third kappa shape index (κ3) is 4.70. The molecule has 0 saturated carbocycles. The number of carbonyl (C=O) groups is 1. The van der Waals surface area contributed by atoms with Gasteiger partial charge in [0.05, 0.1) is 5.56 Å². The lowest BCUT2D eigenvalue weighted by Crippen LogP contribution is -2.37. The van der Waals surface area contributed by atoms with Crippen LogP contribution in [0, 0.1) is 17.6 Å². The average molecular weight is 299 g/mol. The maximum Gasteiger partial charge on any atom is 0.256 e. The number of oxime groups is 1. The zero-order valence-corrected chi connectivity index (χ0v) is 12.0. The lowest BCUT2D eigenvalue weighted by atomic mass is 10.1. The number of rotatable bonds is 6. The van der Waals surface area contributed by atoms with E-state index in [2.05, 4.69) is 5.16 Å². The van der Waals surface area contributed by atoms with E-state index in [1.54, 1.807) is 0 Å². The summed E-state index contributed by atoms with van der Waals surface area (Å²) in [7, 11) is 0. The summed E-state index contributed by atoms with van der Waals surface area (Å²) in [5, 5.41) is 11.3. The van der Waals surface area contributed by atoms with Crippen molar-refractivity contribution < 1.29 is 18.8 Å². The minimum Gasteiger partial charge on any atom is -0.409 e. The molecule has 1 aromatic carbocycles. The number of benzene rings is 1. The summed E-state index contributed by atoms with van der Waals surface area (Å²) >= 11 is 0. The van der Waals surface area contributed by atoms with Gasteiger partial charge in [-0.3, -0.25) is 4.79 Å². The number of amides is 1. The van der Waals surface area contributed by atoms with Crippen molar-refractivity contribution in [3.05, 3.63) is 35.4 Å². The van der Waals surface area contributed by atoms with Crippen molar-refractivity contribution in [1.29, 1.82) is 0 Å². The molecule has 1 amide bonds. The molecule has 5 nitrogen and oxygen atoms in total. The lowest BCUT2D eigenvalue weighted by molar-refractivity contribution is 0.0734. The van der Waals surface area contributed by atoms with Gasteiger partial charge in [0, 0.05) is 19.5 Å². The molecule has 0 aromatic heterocycles. The van der Waals surface area contributed by atoms with Crippen LogP contribution < -0.4 is 5.73 Å². The molecule has 0 bridgehead atoms. The highest BCUT2D eigenvalue weighted by atomic mass is 19.2. The summed E-state index contributed by atoms with van der Waals surface area (Å²) in [6.07, 6.45) is 0.145. The Kier molecular flexibility index (Phi) is 6.08. The topological polar surface area (TPSA) is 78.9 Å². The lowest BCUT2D eigenvalue weighted by Gasteiger charge is -2.24. The van der Waals surface area contributed by atoms with Gasteiger partial charge in [-0.1, -0.05) is 25.1 Å². The van der Waals surface area contributed by atoms with Crippen molar-refractivity contribution >= 4 is 11.7 Å². The Labute approximate surface area is 122 Å². The maximum atomic E-state index is 13.7. The number of hydrogen-bond donors (Lipinski definition) is 2. The van der Waals surface area contributed by atoms with E-state index >= 15 is 0 Å². The van der Waals surface area contributed by atoms with Gasteiger partial charge in [0.15, 0.2) is 11.6 Å². The summed E-state index contributed by atoms with van der Waals surface area (Å²) in [5.41, 5.74) is 5.05. The highest BCUT2D eigenvalue weighted by molar-refractivity contribution is 5.94. The van der Waals surface area contributed by atoms with Gasteiger partial charge in [0.25, 0.3) is 5.91 Å². The van der Waals surface area contributed by atoms with Crippen molar-refractivity contribution in [1.82, 2.24) is 4.90 Å². The van der Waals surface area contributed by atoms with E-state index in [1.165, 1.54) is 17.0 Å². The number of nitrogens with two attached hydrogens (primary N) is 1. The smallest absolute Gasteiger partial charge is 0.256 e. The van der Waals surface area contributed by atoms with Gasteiger partial charge in [0.1, 0.15) is 5.84 Å². The highest BCUT2D eigenvalue weighted by Gasteiger charge is 2.22. The van der Waals surface area contributed by atoms with Crippen molar-refractivity contribution in [3.63, 3.8) is 0 Å². The van der Waals surface area contributed by atoms with Gasteiger partial charge in [-0.15, -0.1) is 0 Å². The Hall–Kier alpha value is -2.18. The molecule has 0 radical (unpaired) electrons. The molecule has 0 fully saturated rings. The van der Waals surface area contributed by atoms with E-state index in [0.29, 0.717) is 6.54 Å². The molecule has 0 atom stereocenters. The monoisotopic (exact) mass is 299 g/mol. The quantitative estimate of drug-likeness (QED) is 0.366. The molecule has 3 N–H and O–H groups in total. The predicted molar refractivity (Wildman–Crippen MR) is 75.1 cm³/mol. The Morgan fingerprint density at radius 3 is 2.67 bits per heavy atom. The Morgan fingerprint density at radius 2 is 2.10 bits per heavy atom. The van der Waals surface area contributed by atoms with E-state index in [0.717, 1.165) is 6.07 Å². The summed E-state index contributed by atoms with van der Waals surface area (Å²) < 4.78 is 26.9. The molecular weight excluding hydrogens is 280 g/mol. The first-order valence-electron chi connectivity index (χ1n) is 6.56. The second kappa shape index (κ2) is 7.56. The van der Waals surface area contributed by atoms with Crippen LogP contribution in [0.25, 0.3) is 0 Å². The Morgan fingerprint density at radius 1 is 1.43 bits per heavy atom. The molecule has 21 heavy (non-hydrogen) atoms. The minimum atomic E-state index is -1.17. The fraction of sp³-hybridized carbons (Fsp3) is 0.429. The van der Waals surface area contributed by atoms with Gasteiger partial charge in [-0.25, -0.2) is 8.78 Å². The summed E-state index contributed by atoms with van der Waals surface area (Å²) in [5.74, 6) is -2.75. The van der Waals surface area contributed by atoms with E-state index in [4.69, 9.17) is 10.9 Å². The zero-order valence-electron chi connectivity index (χ0n) is 12.0. The summed E-state index contributed by atoms with van der Waals surface area (Å²) in [6, 6.07) is 3.47. The molecule has 1 aromatic rings. The number of amidine groups is 1. The zero-order chi connectivity index (χ0) is 16.0. The number of halogens is 2. The fourth-order valence-electron chi connectivity index (χ4n) is 1.86. The second-order valence-corrected chi connectivity index (χ2v) is 5.09. The highest BCUT2D eigenvalue weighted by Crippen LogP contribution is 2.15. The van der Waals surface area contributed by atoms with Crippen LogP contribution in [-0.4, -0.2) is 34.9 Å². The summed E-state index contributed by atoms with van der Waals surface area (Å²) in [6.45, 7) is 4.30. The largest absolute Gasteiger partial charge is 0.409 e. The molecule has 116 valence electrons. The van der Waals surface area contributed by atoms with E-state index in [-0.39, 0.29) is 30.3 Å². The first-order chi connectivity index (χ1) is 9.86. The van der Waals surface area contributed by atoms with Crippen LogP contribution in [0.3, 0.4) is 0 Å². The average Bonchev–Trinajstić information content (AvgIpc) is 2.44. The normalized spacial score (nSPS) is 11.8. The van der Waals surface area contributed by atoms with Gasteiger partial charge in [0.2, 0.25) is 0 Å². The molecular formula is C14H19F2N3O2. The van der Waals surface area contributed by atoms with Crippen LogP contribution in [0.5, 0.6) is 0 Å². The van der Waals surface area contributed by atoms with Crippen LogP contribution in [0.2, 0.25) is 0 Å². The van der Waals surface area contributed by atoms with Crippen molar-refractivity contribution in [2.75, 3.05) is 13.1 Å². The first kappa shape index (κ1) is 16.9. The van der Waals surface area contributed by atoms with E-state index in [9.17, 15) is 13.6 Å². The minimum absolute atomic E-state index is 0.0312. The molecule has 0 saturated heterocycles. The van der Waals surface area contributed by atoms with Crippen LogP contribution in [-0.2, 0) is 0 Å². The molecule has 0 unspecified atom stereocenters. The molecule has 0 spiro atoms. The third-order valence-electron chi connectivity index (χ3n) is 2.82. The molecule has 1 rings (SSSR count). The fourth-order valence-corrected chi connectivity index (χ4v) is 1.86. The van der Waals surface area contributed by atoms with Crippen molar-refractivity contribution in [3.8, 4) is 0 Å². The van der Waals surface area contributed by atoms with E-state index in [1.807, 2.05) is 13.8 Å². The predicted octanol–water partition coefficient (Wildman–Crippen LogP) is 2.20. The third-order valence-corrected chi connectivity index (χ3v) is 2.82. The number of nitrogens with zero attached hydrogens (tertiary/aromatic N) is 2. The number of hydrogen-bond acceptors (Lipinski definition) is 3. The maximum absolute atomic E-state index is 13.7. The molecule has 0 aliphatic rings. The number of carbonyl (C=O) groups excluding carboxylic acids is 1. The van der Waals surface area contributed by atoms with Gasteiger partial charge in [-0.05, 0) is 18.1 Å². The second-order valence-electron chi connectivity index (χ2n) is 5.09. The molecule has 0 aliphatic carbocycles. The Balaban J connectivity index is 2.96. The van der Waals surface area contributed by atoms with Crippen molar-refractivity contribution in [2.24, 2.45) is 16.8 Å². The standard InChI is InChI=1S/C14H19F2N3O2/c1-9(2)8-19(7-6-12(17)18-21)14(20)10-4-3-5-11(15)13(10)16/h3-5,9,21H,6-8H2,1-2H3,(H2,17,18). The van der Waals surface area contributed by atoms with Gasteiger partial charge in [-0.2, -0.15) is 0 Å². The van der Waals surface area contributed by atoms with Crippen LogP contribution >= 0.6 is 0 Å². The molecule has 0 aliphatic heterocycles. The van der Waals surface area contributed by atoms with Crippen LogP contribution in [0.4, 0.5) is 8.78 Å².